The van der Waals surface area contributed by atoms with Gasteiger partial charge in [0.15, 0.2) is 0 Å². The number of nitrogens with zero attached hydrogens (tertiary/aromatic N) is 2. The fourth-order valence-electron chi connectivity index (χ4n) is 1.81. The molecule has 0 saturated heterocycles. The van der Waals surface area contributed by atoms with Gasteiger partial charge >= 0.3 is 0 Å². The lowest BCUT2D eigenvalue weighted by atomic mass is 10.0. The molecule has 0 radical (unpaired) electrons. The molecule has 1 heterocycles. The van der Waals surface area contributed by atoms with Crippen LogP contribution in [-0.2, 0) is 13.0 Å². The normalized spacial score (nSPS) is 12.7. The number of hydrogen-bond donors (Lipinski definition) is 1. The van der Waals surface area contributed by atoms with Gasteiger partial charge in [0, 0.05) is 24.7 Å². The number of hydrogen-bond acceptors (Lipinski definition) is 2. The Hall–Kier alpha value is -1.46. The highest BCUT2D eigenvalue weighted by molar-refractivity contribution is 6.30. The molecule has 1 aromatic carbocycles. The van der Waals surface area contributed by atoms with Gasteiger partial charge in [0.2, 0.25) is 0 Å². The maximum atomic E-state index is 13.6. The molecule has 1 N–H and O–H groups in total. The maximum Gasteiger partial charge on any atom is 0.142 e. The van der Waals surface area contributed by atoms with Crippen LogP contribution in [-0.4, -0.2) is 14.9 Å². The van der Waals surface area contributed by atoms with Crippen LogP contribution in [0.25, 0.3) is 0 Å². The number of benzene rings is 1. The summed E-state index contributed by atoms with van der Waals surface area (Å²) in [5, 5.41) is 13.7. The van der Waals surface area contributed by atoms with Gasteiger partial charge in [0.1, 0.15) is 11.6 Å². The van der Waals surface area contributed by atoms with Gasteiger partial charge < -0.3 is 5.11 Å². The number of aromatic nitrogens is 2. The Morgan fingerprint density at radius 1 is 1.37 bits per heavy atom. The summed E-state index contributed by atoms with van der Waals surface area (Å²) < 4.78 is 28.6. The van der Waals surface area contributed by atoms with Crippen molar-refractivity contribution in [2.24, 2.45) is 0 Å². The van der Waals surface area contributed by atoms with Crippen molar-refractivity contribution in [1.29, 1.82) is 0 Å². The number of aliphatic hydroxyl groups is 1. The quantitative estimate of drug-likeness (QED) is 0.877. The molecule has 2 rings (SSSR count). The second kappa shape index (κ2) is 5.67. The zero-order valence-corrected chi connectivity index (χ0v) is 11.0. The van der Waals surface area contributed by atoms with Gasteiger partial charge in [0.25, 0.3) is 0 Å². The van der Waals surface area contributed by atoms with Gasteiger partial charge in [0.05, 0.1) is 17.3 Å². The molecular formula is C13H13ClF2N2O. The molecule has 1 aromatic heterocycles. The predicted octanol–water partition coefficient (Wildman–Crippen LogP) is 3.11. The van der Waals surface area contributed by atoms with Crippen LogP contribution in [0.5, 0.6) is 0 Å². The Labute approximate surface area is 114 Å². The second-order valence-electron chi connectivity index (χ2n) is 4.21. The van der Waals surface area contributed by atoms with Crippen molar-refractivity contribution in [3.63, 3.8) is 0 Å². The third kappa shape index (κ3) is 3.11. The molecule has 0 fully saturated rings. The minimum atomic E-state index is -1.14. The van der Waals surface area contributed by atoms with Crippen molar-refractivity contribution in [3.8, 4) is 0 Å². The van der Waals surface area contributed by atoms with E-state index in [1.54, 1.807) is 17.1 Å². The number of rotatable bonds is 4. The fourth-order valence-corrected chi connectivity index (χ4v) is 1.96. The Bertz CT molecular complexity index is 586. The van der Waals surface area contributed by atoms with Gasteiger partial charge in [-0.3, -0.25) is 4.68 Å². The van der Waals surface area contributed by atoms with Crippen LogP contribution in [0.3, 0.4) is 0 Å². The van der Waals surface area contributed by atoms with E-state index in [-0.39, 0.29) is 17.0 Å². The first-order valence-electron chi connectivity index (χ1n) is 5.85. The van der Waals surface area contributed by atoms with Crippen molar-refractivity contribution in [2.75, 3.05) is 0 Å². The Morgan fingerprint density at radius 3 is 2.74 bits per heavy atom. The van der Waals surface area contributed by atoms with E-state index in [4.69, 9.17) is 11.6 Å². The van der Waals surface area contributed by atoms with Crippen molar-refractivity contribution < 1.29 is 13.9 Å². The molecule has 1 atom stereocenters. The van der Waals surface area contributed by atoms with Crippen molar-refractivity contribution in [2.45, 2.75) is 26.0 Å². The van der Waals surface area contributed by atoms with Crippen LogP contribution in [0.1, 0.15) is 24.2 Å². The third-order valence-corrected chi connectivity index (χ3v) is 3.13. The standard InChI is InChI=1S/C13H13ClF2N2O/c1-2-18-7-8(6-17-18)3-13(19)9-4-12(16)10(14)5-11(9)15/h4-7,13,19H,2-3H2,1H3. The first kappa shape index (κ1) is 14.0. The van der Waals surface area contributed by atoms with Crippen LogP contribution >= 0.6 is 11.6 Å². The summed E-state index contributed by atoms with van der Waals surface area (Å²) >= 11 is 5.46. The smallest absolute Gasteiger partial charge is 0.142 e. The number of aliphatic hydroxyl groups excluding tert-OH is 1. The number of halogens is 3. The highest BCUT2D eigenvalue weighted by Crippen LogP contribution is 2.26. The Balaban J connectivity index is 2.19. The molecule has 0 aliphatic carbocycles. The molecule has 6 heteroatoms. The maximum absolute atomic E-state index is 13.6. The van der Waals surface area contributed by atoms with E-state index in [1.165, 1.54) is 0 Å². The first-order chi connectivity index (χ1) is 9.01. The van der Waals surface area contributed by atoms with Crippen LogP contribution < -0.4 is 0 Å². The minimum absolute atomic E-state index is 0.105. The fraction of sp³-hybridized carbons (Fsp3) is 0.308. The zero-order valence-electron chi connectivity index (χ0n) is 10.3. The van der Waals surface area contributed by atoms with Crippen LogP contribution in [0.2, 0.25) is 5.02 Å². The highest BCUT2D eigenvalue weighted by atomic mass is 35.5. The summed E-state index contributed by atoms with van der Waals surface area (Å²) in [5.41, 5.74) is 0.648. The predicted molar refractivity (Wildman–Crippen MR) is 67.9 cm³/mol. The van der Waals surface area contributed by atoms with Crippen LogP contribution in [0.15, 0.2) is 24.5 Å². The van der Waals surface area contributed by atoms with Gasteiger partial charge in [-0.2, -0.15) is 5.10 Å². The lowest BCUT2D eigenvalue weighted by Crippen LogP contribution is -2.05. The van der Waals surface area contributed by atoms with E-state index >= 15 is 0 Å². The van der Waals surface area contributed by atoms with E-state index in [1.807, 2.05) is 6.92 Å². The lowest BCUT2D eigenvalue weighted by molar-refractivity contribution is 0.173. The molecule has 0 bridgehead atoms. The molecule has 1 unspecified atom stereocenters. The van der Waals surface area contributed by atoms with Gasteiger partial charge in [-0.25, -0.2) is 8.78 Å². The second-order valence-corrected chi connectivity index (χ2v) is 4.62. The Kier molecular flexibility index (Phi) is 4.17. The van der Waals surface area contributed by atoms with Gasteiger partial charge in [-0.05, 0) is 24.6 Å². The van der Waals surface area contributed by atoms with E-state index < -0.39 is 17.7 Å². The molecule has 0 aliphatic rings. The SMILES string of the molecule is CCn1cc(CC(O)c2cc(F)c(Cl)cc2F)cn1. The molecule has 2 aromatic rings. The largest absolute Gasteiger partial charge is 0.388 e. The third-order valence-electron chi connectivity index (χ3n) is 2.84. The van der Waals surface area contributed by atoms with Crippen molar-refractivity contribution in [1.82, 2.24) is 9.78 Å². The molecular weight excluding hydrogens is 274 g/mol. The van der Waals surface area contributed by atoms with Gasteiger partial charge in [-0.1, -0.05) is 11.6 Å². The number of aryl methyl sites for hydroxylation is 1. The topological polar surface area (TPSA) is 38.0 Å². The van der Waals surface area contributed by atoms with Crippen LogP contribution in [0, 0.1) is 11.6 Å². The molecule has 19 heavy (non-hydrogen) atoms. The molecule has 0 amide bonds. The molecule has 3 nitrogen and oxygen atoms in total. The van der Waals surface area contributed by atoms with Crippen molar-refractivity contribution >= 4 is 11.6 Å². The highest BCUT2D eigenvalue weighted by Gasteiger charge is 2.17. The lowest BCUT2D eigenvalue weighted by Gasteiger charge is -2.11. The zero-order chi connectivity index (χ0) is 14.0. The summed E-state index contributed by atoms with van der Waals surface area (Å²) in [6, 6.07) is 1.79. The molecule has 102 valence electrons. The summed E-state index contributed by atoms with van der Waals surface area (Å²) in [7, 11) is 0. The van der Waals surface area contributed by atoms with Crippen LogP contribution in [0.4, 0.5) is 8.78 Å². The van der Waals surface area contributed by atoms with E-state index in [0.717, 1.165) is 17.7 Å². The summed E-state index contributed by atoms with van der Waals surface area (Å²) in [6.07, 6.45) is 2.38. The molecule has 0 spiro atoms. The summed E-state index contributed by atoms with van der Waals surface area (Å²) in [4.78, 5) is 0. The molecule has 0 aliphatic heterocycles. The average Bonchev–Trinajstić information content (AvgIpc) is 2.81. The minimum Gasteiger partial charge on any atom is -0.388 e. The Morgan fingerprint density at radius 2 is 2.11 bits per heavy atom. The van der Waals surface area contributed by atoms with E-state index in [9.17, 15) is 13.9 Å². The molecule has 0 saturated carbocycles. The average molecular weight is 287 g/mol. The van der Waals surface area contributed by atoms with E-state index in [2.05, 4.69) is 5.10 Å². The summed E-state index contributed by atoms with van der Waals surface area (Å²) in [5.74, 6) is -1.47. The van der Waals surface area contributed by atoms with Gasteiger partial charge in [-0.15, -0.1) is 0 Å². The van der Waals surface area contributed by atoms with Crippen molar-refractivity contribution in [3.05, 3.63) is 52.3 Å². The summed E-state index contributed by atoms with van der Waals surface area (Å²) in [6.45, 7) is 2.64. The van der Waals surface area contributed by atoms with E-state index in [0.29, 0.717) is 6.54 Å². The first-order valence-corrected chi connectivity index (χ1v) is 6.23. The monoisotopic (exact) mass is 286 g/mol.